The molecule has 0 aromatic heterocycles. The van der Waals surface area contributed by atoms with Crippen molar-refractivity contribution in [1.82, 2.24) is 5.32 Å². The average molecular weight is 295 g/mol. The van der Waals surface area contributed by atoms with Gasteiger partial charge in [0.15, 0.2) is 0 Å². The fourth-order valence-corrected chi connectivity index (χ4v) is 2.74. The van der Waals surface area contributed by atoms with Crippen molar-refractivity contribution in [3.05, 3.63) is 65.7 Å². The lowest BCUT2D eigenvalue weighted by Crippen LogP contribution is -2.30. The Bertz CT molecular complexity index is 636. The maximum Gasteiger partial charge on any atom is 0.224 e. The lowest BCUT2D eigenvalue weighted by atomic mass is 9.98. The number of carbonyl (C=O) groups is 1. The minimum Gasteiger partial charge on any atom is -0.497 e. The Labute approximate surface area is 131 Å². The zero-order valence-electron chi connectivity index (χ0n) is 13.0. The van der Waals surface area contributed by atoms with Crippen LogP contribution in [0.15, 0.2) is 54.6 Å². The summed E-state index contributed by atoms with van der Waals surface area (Å²) in [4.78, 5) is 12.4. The predicted octanol–water partition coefficient (Wildman–Crippen LogP) is 3.56. The van der Waals surface area contributed by atoms with Gasteiger partial charge in [0.1, 0.15) is 5.75 Å². The minimum absolute atomic E-state index is 0.118. The normalized spacial score (nSPS) is 21.0. The van der Waals surface area contributed by atoms with E-state index in [9.17, 15) is 4.79 Å². The number of carbonyl (C=O) groups excluding carboxylic acids is 1. The van der Waals surface area contributed by atoms with Gasteiger partial charge in [0.2, 0.25) is 5.91 Å². The van der Waals surface area contributed by atoms with Crippen LogP contribution in [0.2, 0.25) is 0 Å². The topological polar surface area (TPSA) is 38.3 Å². The number of hydrogen-bond donors (Lipinski definition) is 1. The van der Waals surface area contributed by atoms with E-state index in [0.29, 0.717) is 5.92 Å². The predicted molar refractivity (Wildman–Crippen MR) is 86.7 cm³/mol. The largest absolute Gasteiger partial charge is 0.497 e. The van der Waals surface area contributed by atoms with Crippen molar-refractivity contribution in [2.24, 2.45) is 11.8 Å². The second-order valence-electron chi connectivity index (χ2n) is 5.94. The van der Waals surface area contributed by atoms with Gasteiger partial charge in [-0.05, 0) is 35.6 Å². The maximum atomic E-state index is 12.4. The molecular weight excluding hydrogens is 274 g/mol. The van der Waals surface area contributed by atoms with Crippen molar-refractivity contribution < 1.29 is 9.53 Å². The molecule has 3 heteroatoms. The molecule has 3 nitrogen and oxygen atoms in total. The van der Waals surface area contributed by atoms with Gasteiger partial charge in [0.25, 0.3) is 0 Å². The van der Waals surface area contributed by atoms with Crippen molar-refractivity contribution in [3.8, 4) is 5.75 Å². The van der Waals surface area contributed by atoms with Crippen molar-refractivity contribution in [2.75, 3.05) is 7.11 Å². The SMILES string of the molecule is COc1ccc(C(NC(=O)C2CC2C)c2ccccc2)cc1. The van der Waals surface area contributed by atoms with E-state index in [1.165, 1.54) is 0 Å². The highest BCUT2D eigenvalue weighted by Crippen LogP contribution is 2.38. The smallest absolute Gasteiger partial charge is 0.224 e. The Hall–Kier alpha value is -2.29. The van der Waals surface area contributed by atoms with Crippen LogP contribution in [0, 0.1) is 11.8 Å². The van der Waals surface area contributed by atoms with Gasteiger partial charge >= 0.3 is 0 Å². The van der Waals surface area contributed by atoms with Gasteiger partial charge in [0.05, 0.1) is 13.2 Å². The van der Waals surface area contributed by atoms with Gasteiger partial charge < -0.3 is 10.1 Å². The summed E-state index contributed by atoms with van der Waals surface area (Å²) in [7, 11) is 1.65. The Morgan fingerprint density at radius 2 is 1.68 bits per heavy atom. The number of methoxy groups -OCH3 is 1. The summed E-state index contributed by atoms with van der Waals surface area (Å²) in [6.45, 7) is 2.12. The summed E-state index contributed by atoms with van der Waals surface area (Å²) in [5.41, 5.74) is 2.16. The third-order valence-electron chi connectivity index (χ3n) is 4.31. The number of benzene rings is 2. The van der Waals surface area contributed by atoms with E-state index in [-0.39, 0.29) is 17.9 Å². The summed E-state index contributed by atoms with van der Waals surface area (Å²) >= 11 is 0. The highest BCUT2D eigenvalue weighted by molar-refractivity contribution is 5.82. The standard InChI is InChI=1S/C19H21NO2/c1-13-12-17(13)19(21)20-18(14-6-4-3-5-7-14)15-8-10-16(22-2)11-9-15/h3-11,13,17-18H,12H2,1-2H3,(H,20,21). The monoisotopic (exact) mass is 295 g/mol. The lowest BCUT2D eigenvalue weighted by Gasteiger charge is -2.20. The molecule has 0 radical (unpaired) electrons. The van der Waals surface area contributed by atoms with Crippen LogP contribution in [-0.4, -0.2) is 13.0 Å². The van der Waals surface area contributed by atoms with Crippen molar-refractivity contribution in [2.45, 2.75) is 19.4 Å². The summed E-state index contributed by atoms with van der Waals surface area (Å²) in [6.07, 6.45) is 0.996. The first-order valence-electron chi connectivity index (χ1n) is 7.68. The van der Waals surface area contributed by atoms with E-state index in [0.717, 1.165) is 23.3 Å². The van der Waals surface area contributed by atoms with Crippen LogP contribution >= 0.6 is 0 Å². The summed E-state index contributed by atoms with van der Waals surface area (Å²) in [6, 6.07) is 17.8. The molecule has 1 fully saturated rings. The molecule has 0 spiro atoms. The minimum atomic E-state index is -0.118. The van der Waals surface area contributed by atoms with E-state index in [2.05, 4.69) is 12.2 Å². The molecule has 0 bridgehead atoms. The Morgan fingerprint density at radius 1 is 1.09 bits per heavy atom. The number of amides is 1. The highest BCUT2D eigenvalue weighted by Gasteiger charge is 2.39. The van der Waals surface area contributed by atoms with Crippen LogP contribution in [-0.2, 0) is 4.79 Å². The lowest BCUT2D eigenvalue weighted by molar-refractivity contribution is -0.123. The fourth-order valence-electron chi connectivity index (χ4n) is 2.74. The molecule has 1 saturated carbocycles. The first-order valence-corrected chi connectivity index (χ1v) is 7.68. The molecule has 2 aromatic rings. The van der Waals surface area contributed by atoms with Crippen molar-refractivity contribution in [3.63, 3.8) is 0 Å². The Balaban J connectivity index is 1.86. The molecule has 114 valence electrons. The number of ether oxygens (including phenoxy) is 1. The van der Waals surface area contributed by atoms with Gasteiger partial charge in [-0.1, -0.05) is 49.4 Å². The Kier molecular flexibility index (Phi) is 4.14. The Morgan fingerprint density at radius 3 is 2.23 bits per heavy atom. The summed E-state index contributed by atoms with van der Waals surface area (Å²) in [5.74, 6) is 1.65. The average Bonchev–Trinajstić information content (AvgIpc) is 3.30. The molecule has 1 N–H and O–H groups in total. The third kappa shape index (κ3) is 3.14. The molecule has 3 rings (SSSR count). The molecule has 3 unspecified atom stereocenters. The van der Waals surface area contributed by atoms with Crippen LogP contribution < -0.4 is 10.1 Å². The van der Waals surface area contributed by atoms with E-state index >= 15 is 0 Å². The maximum absolute atomic E-state index is 12.4. The second kappa shape index (κ2) is 6.22. The van der Waals surface area contributed by atoms with Gasteiger partial charge in [-0.2, -0.15) is 0 Å². The van der Waals surface area contributed by atoms with Crippen LogP contribution in [0.4, 0.5) is 0 Å². The molecule has 1 aliphatic rings. The second-order valence-corrected chi connectivity index (χ2v) is 5.94. The number of rotatable bonds is 5. The first kappa shape index (κ1) is 14.6. The molecular formula is C19H21NO2. The van der Waals surface area contributed by atoms with E-state index in [1.54, 1.807) is 7.11 Å². The van der Waals surface area contributed by atoms with E-state index in [1.807, 2.05) is 54.6 Å². The molecule has 0 aliphatic heterocycles. The zero-order valence-corrected chi connectivity index (χ0v) is 13.0. The molecule has 3 atom stereocenters. The van der Waals surface area contributed by atoms with Gasteiger partial charge in [0, 0.05) is 5.92 Å². The summed E-state index contributed by atoms with van der Waals surface area (Å²) < 4.78 is 5.21. The summed E-state index contributed by atoms with van der Waals surface area (Å²) in [5, 5.41) is 3.20. The molecule has 0 heterocycles. The molecule has 2 aromatic carbocycles. The van der Waals surface area contributed by atoms with Crippen molar-refractivity contribution in [1.29, 1.82) is 0 Å². The van der Waals surface area contributed by atoms with Gasteiger partial charge in [-0.3, -0.25) is 4.79 Å². The zero-order chi connectivity index (χ0) is 15.5. The van der Waals surface area contributed by atoms with Gasteiger partial charge in [-0.25, -0.2) is 0 Å². The van der Waals surface area contributed by atoms with Crippen molar-refractivity contribution >= 4 is 5.91 Å². The molecule has 1 aliphatic carbocycles. The third-order valence-corrected chi connectivity index (χ3v) is 4.31. The van der Waals surface area contributed by atoms with Crippen LogP contribution in [0.5, 0.6) is 5.75 Å². The van der Waals surface area contributed by atoms with Crippen LogP contribution in [0.1, 0.15) is 30.5 Å². The number of nitrogens with one attached hydrogen (secondary N) is 1. The molecule has 22 heavy (non-hydrogen) atoms. The van der Waals surface area contributed by atoms with Gasteiger partial charge in [-0.15, -0.1) is 0 Å². The fraction of sp³-hybridized carbons (Fsp3) is 0.316. The van der Waals surface area contributed by atoms with E-state index < -0.39 is 0 Å². The number of hydrogen-bond acceptors (Lipinski definition) is 2. The molecule has 0 saturated heterocycles. The first-order chi connectivity index (χ1) is 10.7. The quantitative estimate of drug-likeness (QED) is 0.916. The van der Waals surface area contributed by atoms with Crippen LogP contribution in [0.3, 0.4) is 0 Å². The van der Waals surface area contributed by atoms with Crippen LogP contribution in [0.25, 0.3) is 0 Å². The molecule has 1 amide bonds. The highest BCUT2D eigenvalue weighted by atomic mass is 16.5. The van der Waals surface area contributed by atoms with E-state index in [4.69, 9.17) is 4.74 Å².